The van der Waals surface area contributed by atoms with Gasteiger partial charge in [-0.1, -0.05) is 17.7 Å². The summed E-state index contributed by atoms with van der Waals surface area (Å²) in [7, 11) is 0. The maximum absolute atomic E-state index is 12.3. The summed E-state index contributed by atoms with van der Waals surface area (Å²) >= 11 is 1.46. The Morgan fingerprint density at radius 2 is 1.96 bits per heavy atom. The Balaban J connectivity index is 1.79. The van der Waals surface area contributed by atoms with E-state index >= 15 is 0 Å². The largest absolute Gasteiger partial charge is 0.289 e. The van der Waals surface area contributed by atoms with Crippen LogP contribution in [0, 0.1) is 13.8 Å². The van der Waals surface area contributed by atoms with Gasteiger partial charge in [-0.05, 0) is 43.7 Å². The molecule has 5 heteroatoms. The number of hydrogen-bond acceptors (Lipinski definition) is 5. The molecule has 0 aliphatic rings. The van der Waals surface area contributed by atoms with E-state index in [9.17, 15) is 4.79 Å². The van der Waals surface area contributed by atoms with Crippen LogP contribution in [0.5, 0.6) is 0 Å². The molecule has 0 spiro atoms. The number of thiazole rings is 1. The number of carbonyl (C=O) groups excluding carboxylic acids is 1. The molecule has 114 valence electrons. The fraction of sp³-hybridized carbons (Fsp3) is 0.111. The number of aromatic nitrogens is 3. The Morgan fingerprint density at radius 3 is 2.74 bits per heavy atom. The second-order valence-corrected chi connectivity index (χ2v) is 6.02. The summed E-state index contributed by atoms with van der Waals surface area (Å²) in [6.45, 7) is 3.92. The number of rotatable bonds is 4. The molecule has 0 aliphatic heterocycles. The lowest BCUT2D eigenvalue weighted by Gasteiger charge is -2.02. The van der Waals surface area contributed by atoms with E-state index in [1.807, 2.05) is 37.4 Å². The minimum absolute atomic E-state index is 0.0169. The van der Waals surface area contributed by atoms with Crippen LogP contribution in [-0.2, 0) is 0 Å². The van der Waals surface area contributed by atoms with E-state index in [0.717, 1.165) is 27.4 Å². The molecular formula is C18H15N3OS. The van der Waals surface area contributed by atoms with Crippen LogP contribution in [0.1, 0.15) is 27.2 Å². The van der Waals surface area contributed by atoms with Crippen molar-refractivity contribution in [2.75, 3.05) is 0 Å². The van der Waals surface area contributed by atoms with Gasteiger partial charge in [-0.3, -0.25) is 4.79 Å². The molecule has 0 bridgehead atoms. The summed E-state index contributed by atoms with van der Waals surface area (Å²) in [4.78, 5) is 25.1. The average Bonchev–Trinajstić information content (AvgIpc) is 3.05. The van der Waals surface area contributed by atoms with Crippen LogP contribution >= 0.6 is 11.3 Å². The quantitative estimate of drug-likeness (QED) is 0.536. The van der Waals surface area contributed by atoms with Gasteiger partial charge in [-0.15, -0.1) is 11.3 Å². The third kappa shape index (κ3) is 3.57. The zero-order chi connectivity index (χ0) is 16.2. The average molecular weight is 321 g/mol. The summed E-state index contributed by atoms with van der Waals surface area (Å²) in [5.74, 6) is 0.578. The van der Waals surface area contributed by atoms with Crippen molar-refractivity contribution < 1.29 is 4.79 Å². The van der Waals surface area contributed by atoms with Crippen molar-refractivity contribution in [2.24, 2.45) is 0 Å². The minimum Gasteiger partial charge on any atom is -0.289 e. The summed E-state index contributed by atoms with van der Waals surface area (Å²) in [5, 5.41) is 2.63. The fourth-order valence-electron chi connectivity index (χ4n) is 2.13. The van der Waals surface area contributed by atoms with E-state index in [1.54, 1.807) is 30.6 Å². The lowest BCUT2D eigenvalue weighted by atomic mass is 10.0. The number of nitrogens with zero attached hydrogens (tertiary/aromatic N) is 3. The number of hydrogen-bond donors (Lipinski definition) is 0. The Morgan fingerprint density at radius 1 is 1.17 bits per heavy atom. The highest BCUT2D eigenvalue weighted by Gasteiger charge is 2.08. The predicted molar refractivity (Wildman–Crippen MR) is 92.4 cm³/mol. The van der Waals surface area contributed by atoms with E-state index in [-0.39, 0.29) is 5.78 Å². The van der Waals surface area contributed by atoms with Crippen molar-refractivity contribution in [3.63, 3.8) is 0 Å². The molecule has 23 heavy (non-hydrogen) atoms. The highest BCUT2D eigenvalue weighted by molar-refractivity contribution is 7.13. The Kier molecular flexibility index (Phi) is 4.39. The van der Waals surface area contributed by atoms with Gasteiger partial charge in [0.15, 0.2) is 16.6 Å². The molecule has 0 radical (unpaired) electrons. The van der Waals surface area contributed by atoms with E-state index in [0.29, 0.717) is 5.82 Å². The molecular weight excluding hydrogens is 306 g/mol. The van der Waals surface area contributed by atoms with Crippen molar-refractivity contribution in [3.05, 3.63) is 70.5 Å². The highest BCUT2D eigenvalue weighted by Crippen LogP contribution is 2.20. The molecule has 2 heterocycles. The summed E-state index contributed by atoms with van der Waals surface area (Å²) < 4.78 is 0. The van der Waals surface area contributed by atoms with Crippen molar-refractivity contribution >= 4 is 23.2 Å². The summed E-state index contributed by atoms with van der Waals surface area (Å²) in [6.07, 6.45) is 6.66. The van der Waals surface area contributed by atoms with Gasteiger partial charge in [-0.2, -0.15) is 0 Å². The first kappa shape index (κ1) is 15.2. The van der Waals surface area contributed by atoms with Gasteiger partial charge in [0.25, 0.3) is 0 Å². The van der Waals surface area contributed by atoms with Gasteiger partial charge >= 0.3 is 0 Å². The number of allylic oxidation sites excluding steroid dienone is 1. The highest BCUT2D eigenvalue weighted by atomic mass is 32.1. The van der Waals surface area contributed by atoms with Crippen LogP contribution in [-0.4, -0.2) is 20.7 Å². The molecule has 0 aliphatic carbocycles. The molecule has 0 atom stereocenters. The molecule has 0 saturated heterocycles. The normalized spacial score (nSPS) is 11.0. The topological polar surface area (TPSA) is 55.7 Å². The number of carbonyl (C=O) groups is 1. The van der Waals surface area contributed by atoms with Gasteiger partial charge in [-0.25, -0.2) is 15.0 Å². The number of aryl methyl sites for hydroxylation is 2. The zero-order valence-corrected chi connectivity index (χ0v) is 13.7. The lowest BCUT2D eigenvalue weighted by molar-refractivity contribution is 0.104. The van der Waals surface area contributed by atoms with Crippen LogP contribution < -0.4 is 0 Å². The van der Waals surface area contributed by atoms with Gasteiger partial charge in [0.2, 0.25) is 0 Å². The first-order valence-electron chi connectivity index (χ1n) is 7.16. The molecule has 3 aromatic rings. The predicted octanol–water partition coefficient (Wildman–Crippen LogP) is 4.11. The number of ketones is 1. The second kappa shape index (κ2) is 6.62. The zero-order valence-electron chi connectivity index (χ0n) is 12.9. The summed E-state index contributed by atoms with van der Waals surface area (Å²) in [6, 6.07) is 7.64. The molecule has 1 aromatic carbocycles. The Hall–Kier alpha value is -2.66. The molecule has 0 amide bonds. The van der Waals surface area contributed by atoms with Gasteiger partial charge in [0.05, 0.1) is 5.69 Å². The minimum atomic E-state index is -0.0169. The maximum Gasteiger partial charge on any atom is 0.188 e. The van der Waals surface area contributed by atoms with E-state index in [4.69, 9.17) is 0 Å². The Labute approximate surface area is 138 Å². The van der Waals surface area contributed by atoms with Crippen LogP contribution in [0.2, 0.25) is 0 Å². The standard InChI is InChI=1S/C18H15N3OS/c1-12-4-5-13(2)15(10-12)16(22)7-6-14-11-23-18(21-14)17-19-8-3-9-20-17/h3-11H,1-2H3. The fourth-order valence-corrected chi connectivity index (χ4v) is 2.86. The first-order chi connectivity index (χ1) is 11.1. The van der Waals surface area contributed by atoms with Crippen LogP contribution in [0.4, 0.5) is 0 Å². The van der Waals surface area contributed by atoms with Gasteiger partial charge in [0.1, 0.15) is 0 Å². The Bertz CT molecular complexity index is 869. The molecule has 2 aromatic heterocycles. The monoisotopic (exact) mass is 321 g/mol. The van der Waals surface area contributed by atoms with Crippen LogP contribution in [0.3, 0.4) is 0 Å². The molecule has 0 fully saturated rings. The van der Waals surface area contributed by atoms with Crippen molar-refractivity contribution in [1.29, 1.82) is 0 Å². The molecule has 0 saturated carbocycles. The molecule has 4 nitrogen and oxygen atoms in total. The van der Waals surface area contributed by atoms with E-state index in [2.05, 4.69) is 15.0 Å². The lowest BCUT2D eigenvalue weighted by Crippen LogP contribution is -1.98. The van der Waals surface area contributed by atoms with Gasteiger partial charge < -0.3 is 0 Å². The SMILES string of the molecule is Cc1ccc(C)c(C(=O)C=Cc2csc(-c3ncccn3)n2)c1. The van der Waals surface area contributed by atoms with Crippen LogP contribution in [0.25, 0.3) is 16.9 Å². The second-order valence-electron chi connectivity index (χ2n) is 5.17. The maximum atomic E-state index is 12.3. The van der Waals surface area contributed by atoms with Gasteiger partial charge in [0, 0.05) is 23.3 Å². The first-order valence-corrected chi connectivity index (χ1v) is 8.04. The van der Waals surface area contributed by atoms with Crippen molar-refractivity contribution in [1.82, 2.24) is 15.0 Å². The third-order valence-corrected chi connectivity index (χ3v) is 4.20. The summed E-state index contributed by atoms with van der Waals surface area (Å²) in [5.41, 5.74) is 3.51. The molecule has 0 unspecified atom stereocenters. The van der Waals surface area contributed by atoms with Crippen molar-refractivity contribution in [3.8, 4) is 10.8 Å². The molecule has 0 N–H and O–H groups in total. The van der Waals surface area contributed by atoms with E-state index in [1.165, 1.54) is 11.3 Å². The smallest absolute Gasteiger partial charge is 0.188 e. The van der Waals surface area contributed by atoms with E-state index < -0.39 is 0 Å². The number of benzene rings is 1. The van der Waals surface area contributed by atoms with Crippen molar-refractivity contribution in [2.45, 2.75) is 13.8 Å². The molecule has 3 rings (SSSR count). The third-order valence-electron chi connectivity index (χ3n) is 3.34. The van der Waals surface area contributed by atoms with Crippen LogP contribution in [0.15, 0.2) is 48.1 Å².